The molecule has 0 amide bonds. The number of benzene rings is 1. The minimum Gasteiger partial charge on any atom is -0.480 e. The number of nitrogens with two attached hydrogens (primary N) is 1. The minimum absolute atomic E-state index is 0.0105. The number of carboxylic acid groups (broad SMARTS) is 1. The number of rotatable bonds is 2. The zero-order chi connectivity index (χ0) is 10.1. The van der Waals surface area contributed by atoms with Gasteiger partial charge in [0.25, 0.3) is 0 Å². The summed E-state index contributed by atoms with van der Waals surface area (Å²) >= 11 is 0. The molecule has 1 aliphatic rings. The SMILES string of the molecule is N[C@H](C(=O)O)[C@@H]1CCc2ccccc21. The number of fused-ring (bicyclic) bond motifs is 1. The second-order valence-electron chi connectivity index (χ2n) is 3.71. The van der Waals surface area contributed by atoms with Gasteiger partial charge in [-0.05, 0) is 24.0 Å². The molecule has 0 unspecified atom stereocenters. The van der Waals surface area contributed by atoms with Crippen LogP contribution in [0, 0.1) is 0 Å². The van der Waals surface area contributed by atoms with E-state index in [-0.39, 0.29) is 5.92 Å². The Hall–Kier alpha value is -1.35. The van der Waals surface area contributed by atoms with Gasteiger partial charge in [-0.3, -0.25) is 4.79 Å². The van der Waals surface area contributed by atoms with E-state index in [9.17, 15) is 4.79 Å². The summed E-state index contributed by atoms with van der Waals surface area (Å²) in [6, 6.07) is 7.18. The molecular weight excluding hydrogens is 178 g/mol. The summed E-state index contributed by atoms with van der Waals surface area (Å²) in [6.45, 7) is 0. The summed E-state index contributed by atoms with van der Waals surface area (Å²) in [5.74, 6) is -0.921. The molecule has 0 aromatic heterocycles. The molecule has 2 rings (SSSR count). The van der Waals surface area contributed by atoms with Crippen LogP contribution in [0.5, 0.6) is 0 Å². The highest BCUT2D eigenvalue weighted by Crippen LogP contribution is 2.34. The van der Waals surface area contributed by atoms with E-state index in [1.165, 1.54) is 5.56 Å². The zero-order valence-electron chi connectivity index (χ0n) is 7.81. The first kappa shape index (κ1) is 9.21. The zero-order valence-corrected chi connectivity index (χ0v) is 7.81. The van der Waals surface area contributed by atoms with Gasteiger partial charge in [0, 0.05) is 5.92 Å². The van der Waals surface area contributed by atoms with Gasteiger partial charge < -0.3 is 10.8 Å². The van der Waals surface area contributed by atoms with Crippen molar-refractivity contribution in [2.24, 2.45) is 5.73 Å². The fourth-order valence-corrected chi connectivity index (χ4v) is 2.14. The predicted molar refractivity (Wildman–Crippen MR) is 53.1 cm³/mol. The van der Waals surface area contributed by atoms with Crippen LogP contribution in [-0.2, 0) is 11.2 Å². The monoisotopic (exact) mass is 191 g/mol. The van der Waals surface area contributed by atoms with Crippen molar-refractivity contribution in [3.05, 3.63) is 35.4 Å². The molecule has 2 atom stereocenters. The van der Waals surface area contributed by atoms with Crippen molar-refractivity contribution in [3.63, 3.8) is 0 Å². The molecule has 3 nitrogen and oxygen atoms in total. The van der Waals surface area contributed by atoms with E-state index >= 15 is 0 Å². The van der Waals surface area contributed by atoms with Gasteiger partial charge in [0.1, 0.15) is 6.04 Å². The van der Waals surface area contributed by atoms with Crippen LogP contribution < -0.4 is 5.73 Å². The molecule has 0 radical (unpaired) electrons. The Kier molecular flexibility index (Phi) is 2.25. The van der Waals surface area contributed by atoms with Crippen molar-refractivity contribution in [3.8, 4) is 0 Å². The third kappa shape index (κ3) is 1.40. The van der Waals surface area contributed by atoms with Crippen LogP contribution >= 0.6 is 0 Å². The molecule has 1 aliphatic carbocycles. The lowest BCUT2D eigenvalue weighted by Gasteiger charge is -2.15. The number of carbonyl (C=O) groups is 1. The van der Waals surface area contributed by atoms with Gasteiger partial charge in [0.2, 0.25) is 0 Å². The Balaban J connectivity index is 2.30. The third-order valence-corrected chi connectivity index (χ3v) is 2.90. The molecule has 14 heavy (non-hydrogen) atoms. The molecule has 0 aliphatic heterocycles. The molecular formula is C11H13NO2. The molecule has 3 heteroatoms. The normalized spacial score (nSPS) is 21.6. The van der Waals surface area contributed by atoms with Gasteiger partial charge in [-0.2, -0.15) is 0 Å². The molecule has 74 valence electrons. The standard InChI is InChI=1S/C11H13NO2/c12-10(11(13)14)9-6-5-7-3-1-2-4-8(7)9/h1-4,9-10H,5-6,12H2,(H,13,14)/t9-,10+/m1/s1. The molecule has 0 heterocycles. The van der Waals surface area contributed by atoms with Crippen molar-refractivity contribution >= 4 is 5.97 Å². The second kappa shape index (κ2) is 3.42. The van der Waals surface area contributed by atoms with Crippen LogP contribution in [0.1, 0.15) is 23.5 Å². The van der Waals surface area contributed by atoms with Crippen LogP contribution in [0.2, 0.25) is 0 Å². The average molecular weight is 191 g/mol. The largest absolute Gasteiger partial charge is 0.480 e. The second-order valence-corrected chi connectivity index (χ2v) is 3.71. The summed E-state index contributed by atoms with van der Waals surface area (Å²) in [5, 5.41) is 8.84. The summed E-state index contributed by atoms with van der Waals surface area (Å²) in [6.07, 6.45) is 1.80. The maximum absolute atomic E-state index is 10.8. The number of carboxylic acids is 1. The highest BCUT2D eigenvalue weighted by molar-refractivity contribution is 5.75. The number of hydrogen-bond acceptors (Lipinski definition) is 2. The van der Waals surface area contributed by atoms with Gasteiger partial charge in [0.15, 0.2) is 0 Å². The highest BCUT2D eigenvalue weighted by atomic mass is 16.4. The van der Waals surface area contributed by atoms with E-state index in [0.29, 0.717) is 0 Å². The topological polar surface area (TPSA) is 63.3 Å². The lowest BCUT2D eigenvalue weighted by atomic mass is 9.94. The maximum atomic E-state index is 10.8. The lowest BCUT2D eigenvalue weighted by molar-refractivity contribution is -0.139. The average Bonchev–Trinajstić information content (AvgIpc) is 2.60. The van der Waals surface area contributed by atoms with E-state index in [4.69, 9.17) is 10.8 Å². The van der Waals surface area contributed by atoms with E-state index in [2.05, 4.69) is 0 Å². The summed E-state index contributed by atoms with van der Waals surface area (Å²) in [4.78, 5) is 10.8. The lowest BCUT2D eigenvalue weighted by Crippen LogP contribution is -2.35. The van der Waals surface area contributed by atoms with Gasteiger partial charge in [-0.25, -0.2) is 0 Å². The highest BCUT2D eigenvalue weighted by Gasteiger charge is 2.31. The van der Waals surface area contributed by atoms with Gasteiger partial charge in [-0.15, -0.1) is 0 Å². The Bertz CT molecular complexity index is 362. The van der Waals surface area contributed by atoms with E-state index in [1.807, 2.05) is 24.3 Å². The van der Waals surface area contributed by atoms with E-state index < -0.39 is 12.0 Å². The van der Waals surface area contributed by atoms with Crippen molar-refractivity contribution in [2.75, 3.05) is 0 Å². The number of hydrogen-bond donors (Lipinski definition) is 2. The van der Waals surface area contributed by atoms with Gasteiger partial charge in [-0.1, -0.05) is 24.3 Å². The first-order valence-electron chi connectivity index (χ1n) is 4.76. The molecule has 0 bridgehead atoms. The van der Waals surface area contributed by atoms with Gasteiger partial charge >= 0.3 is 5.97 Å². The summed E-state index contributed by atoms with van der Waals surface area (Å²) in [7, 11) is 0. The number of aliphatic carboxylic acids is 1. The smallest absolute Gasteiger partial charge is 0.321 e. The Labute approximate surface area is 82.5 Å². The molecule has 3 N–H and O–H groups in total. The quantitative estimate of drug-likeness (QED) is 0.736. The molecule has 0 fully saturated rings. The predicted octanol–water partition coefficient (Wildman–Crippen LogP) is 1.13. The molecule has 1 aromatic carbocycles. The first-order valence-corrected chi connectivity index (χ1v) is 4.76. The van der Waals surface area contributed by atoms with Crippen LogP contribution in [0.25, 0.3) is 0 Å². The molecule has 0 saturated carbocycles. The molecule has 0 spiro atoms. The van der Waals surface area contributed by atoms with Crippen LogP contribution in [0.4, 0.5) is 0 Å². The fraction of sp³-hybridized carbons (Fsp3) is 0.364. The Morgan fingerprint density at radius 2 is 2.21 bits per heavy atom. The minimum atomic E-state index is -0.910. The van der Waals surface area contributed by atoms with Crippen molar-refractivity contribution in [2.45, 2.75) is 24.8 Å². The van der Waals surface area contributed by atoms with Gasteiger partial charge in [0.05, 0.1) is 0 Å². The summed E-state index contributed by atoms with van der Waals surface area (Å²) in [5.41, 5.74) is 8.00. The van der Waals surface area contributed by atoms with E-state index in [1.54, 1.807) is 0 Å². The number of aryl methyl sites for hydroxylation is 1. The molecule has 1 aromatic rings. The van der Waals surface area contributed by atoms with Crippen molar-refractivity contribution in [1.29, 1.82) is 0 Å². The van der Waals surface area contributed by atoms with Crippen LogP contribution in [0.15, 0.2) is 24.3 Å². The van der Waals surface area contributed by atoms with Crippen molar-refractivity contribution < 1.29 is 9.90 Å². The maximum Gasteiger partial charge on any atom is 0.321 e. The first-order chi connectivity index (χ1) is 6.70. The molecule has 0 saturated heterocycles. The third-order valence-electron chi connectivity index (χ3n) is 2.90. The Morgan fingerprint density at radius 3 is 2.93 bits per heavy atom. The van der Waals surface area contributed by atoms with Crippen molar-refractivity contribution in [1.82, 2.24) is 0 Å². The van der Waals surface area contributed by atoms with E-state index in [0.717, 1.165) is 18.4 Å². The fourth-order valence-electron chi connectivity index (χ4n) is 2.14. The Morgan fingerprint density at radius 1 is 1.50 bits per heavy atom. The summed E-state index contributed by atoms with van der Waals surface area (Å²) < 4.78 is 0. The van der Waals surface area contributed by atoms with Crippen LogP contribution in [-0.4, -0.2) is 17.1 Å². The van der Waals surface area contributed by atoms with Crippen LogP contribution in [0.3, 0.4) is 0 Å².